The van der Waals surface area contributed by atoms with Gasteiger partial charge in [-0.2, -0.15) is 4.98 Å². The lowest BCUT2D eigenvalue weighted by Gasteiger charge is -2.12. The number of hydrogen-bond donors (Lipinski definition) is 1. The number of carbonyl (C=O) groups is 1. The van der Waals surface area contributed by atoms with Crippen LogP contribution in [0.3, 0.4) is 0 Å². The molecule has 114 valence electrons. The van der Waals surface area contributed by atoms with E-state index in [9.17, 15) is 4.79 Å². The molecule has 1 amide bonds. The second-order valence-corrected chi connectivity index (χ2v) is 5.13. The fourth-order valence-corrected chi connectivity index (χ4v) is 2.38. The topological polar surface area (TPSA) is 93.8 Å². The van der Waals surface area contributed by atoms with E-state index in [1.807, 2.05) is 0 Å². The van der Waals surface area contributed by atoms with Crippen molar-refractivity contribution in [2.75, 3.05) is 6.54 Å². The van der Waals surface area contributed by atoms with Crippen LogP contribution in [0.15, 0.2) is 34.8 Å². The maximum Gasteiger partial charge on any atom is 0.316 e. The summed E-state index contributed by atoms with van der Waals surface area (Å²) in [6, 6.07) is 0. The molecule has 0 saturated carbocycles. The van der Waals surface area contributed by atoms with Crippen molar-refractivity contribution in [2.45, 2.75) is 32.1 Å². The van der Waals surface area contributed by atoms with Crippen molar-refractivity contribution >= 4 is 5.91 Å². The molecule has 0 fully saturated rings. The van der Waals surface area contributed by atoms with Crippen molar-refractivity contribution in [2.24, 2.45) is 0 Å². The highest BCUT2D eigenvalue weighted by Gasteiger charge is 2.16. The van der Waals surface area contributed by atoms with Gasteiger partial charge in [0.05, 0.1) is 6.20 Å². The molecule has 7 heteroatoms. The molecule has 0 saturated heterocycles. The van der Waals surface area contributed by atoms with Gasteiger partial charge in [0.25, 0.3) is 0 Å². The molecule has 0 radical (unpaired) electrons. The van der Waals surface area contributed by atoms with E-state index in [1.165, 1.54) is 30.8 Å². The molecule has 2 heterocycles. The first kappa shape index (κ1) is 14.4. The third-order valence-electron chi connectivity index (χ3n) is 3.53. The Bertz CT molecular complexity index is 666. The highest BCUT2D eigenvalue weighted by atomic mass is 16.5. The van der Waals surface area contributed by atoms with Gasteiger partial charge in [0.2, 0.25) is 5.82 Å². The van der Waals surface area contributed by atoms with Crippen molar-refractivity contribution in [3.05, 3.63) is 36.1 Å². The minimum absolute atomic E-state index is 0.0572. The Labute approximate surface area is 127 Å². The summed E-state index contributed by atoms with van der Waals surface area (Å²) < 4.78 is 4.97. The number of nitrogens with zero attached hydrogens (tertiary/aromatic N) is 4. The maximum absolute atomic E-state index is 12.0. The van der Waals surface area contributed by atoms with E-state index in [4.69, 9.17) is 4.52 Å². The molecule has 0 aromatic carbocycles. The van der Waals surface area contributed by atoms with Gasteiger partial charge in [-0.15, -0.1) is 0 Å². The summed E-state index contributed by atoms with van der Waals surface area (Å²) in [6.07, 6.45) is 12.5. The van der Waals surface area contributed by atoms with E-state index in [0.717, 1.165) is 19.3 Å². The fourth-order valence-electron chi connectivity index (χ4n) is 2.38. The van der Waals surface area contributed by atoms with Gasteiger partial charge in [-0.05, 0) is 32.1 Å². The smallest absolute Gasteiger partial charge is 0.316 e. The lowest BCUT2D eigenvalue weighted by Crippen LogP contribution is -2.25. The van der Waals surface area contributed by atoms with Gasteiger partial charge < -0.3 is 9.84 Å². The normalized spacial score (nSPS) is 14.5. The van der Waals surface area contributed by atoms with Gasteiger partial charge in [0.1, 0.15) is 5.69 Å². The zero-order valence-electron chi connectivity index (χ0n) is 12.2. The molecule has 1 aliphatic rings. The fraction of sp³-hybridized carbons (Fsp3) is 0.400. The summed E-state index contributed by atoms with van der Waals surface area (Å²) in [6.45, 7) is 0.577. The predicted molar refractivity (Wildman–Crippen MR) is 78.8 cm³/mol. The second kappa shape index (κ2) is 6.93. The van der Waals surface area contributed by atoms with Crippen molar-refractivity contribution in [1.82, 2.24) is 25.4 Å². The summed E-state index contributed by atoms with van der Waals surface area (Å²) in [7, 11) is 0. The van der Waals surface area contributed by atoms with Gasteiger partial charge >= 0.3 is 11.8 Å². The molecule has 1 aliphatic carbocycles. The average Bonchev–Trinajstić information content (AvgIpc) is 3.07. The Morgan fingerprint density at radius 2 is 2.27 bits per heavy atom. The van der Waals surface area contributed by atoms with Gasteiger partial charge in [-0.25, -0.2) is 4.98 Å². The highest BCUT2D eigenvalue weighted by molar-refractivity contribution is 5.89. The quantitative estimate of drug-likeness (QED) is 0.850. The van der Waals surface area contributed by atoms with Crippen LogP contribution in [0.4, 0.5) is 0 Å². The first-order chi connectivity index (χ1) is 10.8. The van der Waals surface area contributed by atoms with E-state index in [1.54, 1.807) is 6.20 Å². The molecule has 0 unspecified atom stereocenters. The maximum atomic E-state index is 12.0. The highest BCUT2D eigenvalue weighted by Crippen LogP contribution is 2.19. The Kier molecular flexibility index (Phi) is 4.53. The van der Waals surface area contributed by atoms with Gasteiger partial charge in [-0.3, -0.25) is 9.78 Å². The predicted octanol–water partition coefficient (Wildman–Crippen LogP) is 2.15. The van der Waals surface area contributed by atoms with E-state index < -0.39 is 0 Å². The van der Waals surface area contributed by atoms with Crippen LogP contribution in [-0.4, -0.2) is 32.6 Å². The molecule has 0 aliphatic heterocycles. The number of allylic oxidation sites excluding steroid dienone is 1. The second-order valence-electron chi connectivity index (χ2n) is 5.13. The Morgan fingerprint density at radius 1 is 1.32 bits per heavy atom. The van der Waals surface area contributed by atoms with Crippen LogP contribution in [0.1, 0.15) is 42.8 Å². The van der Waals surface area contributed by atoms with E-state index in [0.29, 0.717) is 12.2 Å². The van der Waals surface area contributed by atoms with Crippen molar-refractivity contribution in [3.63, 3.8) is 0 Å². The van der Waals surface area contributed by atoms with Crippen molar-refractivity contribution in [1.29, 1.82) is 0 Å². The van der Waals surface area contributed by atoms with E-state index in [2.05, 4.69) is 31.5 Å². The lowest BCUT2D eigenvalue weighted by molar-refractivity contribution is 0.0910. The van der Waals surface area contributed by atoms with E-state index in [-0.39, 0.29) is 17.6 Å². The van der Waals surface area contributed by atoms with Crippen molar-refractivity contribution in [3.8, 4) is 11.5 Å². The van der Waals surface area contributed by atoms with Gasteiger partial charge in [-0.1, -0.05) is 16.8 Å². The Balaban J connectivity index is 1.54. The number of carbonyl (C=O) groups excluding carboxylic acids is 1. The molecule has 0 atom stereocenters. The summed E-state index contributed by atoms with van der Waals surface area (Å²) in [4.78, 5) is 24.0. The van der Waals surface area contributed by atoms with Gasteiger partial charge in [0.15, 0.2) is 0 Å². The Hall–Kier alpha value is -2.57. The lowest BCUT2D eigenvalue weighted by atomic mass is 9.97. The van der Waals surface area contributed by atoms with Crippen molar-refractivity contribution < 1.29 is 9.32 Å². The summed E-state index contributed by atoms with van der Waals surface area (Å²) in [5, 5.41) is 6.54. The van der Waals surface area contributed by atoms with Crippen LogP contribution in [-0.2, 0) is 0 Å². The number of aromatic nitrogens is 4. The van der Waals surface area contributed by atoms with Crippen LogP contribution in [0.5, 0.6) is 0 Å². The minimum atomic E-state index is -0.362. The zero-order valence-corrected chi connectivity index (χ0v) is 12.2. The SMILES string of the molecule is O=C(NCCC1=CCCCC1)c1nc(-c2cnccn2)no1. The third-order valence-corrected chi connectivity index (χ3v) is 3.53. The van der Waals surface area contributed by atoms with Crippen LogP contribution in [0.25, 0.3) is 11.5 Å². The number of amides is 1. The molecule has 0 bridgehead atoms. The monoisotopic (exact) mass is 299 g/mol. The molecule has 0 spiro atoms. The Morgan fingerprint density at radius 3 is 3.05 bits per heavy atom. The zero-order chi connectivity index (χ0) is 15.2. The first-order valence-corrected chi connectivity index (χ1v) is 7.39. The number of rotatable bonds is 5. The van der Waals surface area contributed by atoms with Crippen LogP contribution >= 0.6 is 0 Å². The minimum Gasteiger partial charge on any atom is -0.348 e. The van der Waals surface area contributed by atoms with Crippen LogP contribution in [0, 0.1) is 0 Å². The molecular weight excluding hydrogens is 282 g/mol. The number of hydrogen-bond acceptors (Lipinski definition) is 6. The summed E-state index contributed by atoms with van der Waals surface area (Å²) >= 11 is 0. The average molecular weight is 299 g/mol. The first-order valence-electron chi connectivity index (χ1n) is 7.39. The van der Waals surface area contributed by atoms with E-state index >= 15 is 0 Å². The van der Waals surface area contributed by atoms with Crippen LogP contribution in [0.2, 0.25) is 0 Å². The molecule has 7 nitrogen and oxygen atoms in total. The van der Waals surface area contributed by atoms with Gasteiger partial charge in [0, 0.05) is 18.9 Å². The molecule has 3 rings (SSSR count). The largest absolute Gasteiger partial charge is 0.348 e. The molecule has 1 N–H and O–H groups in total. The van der Waals surface area contributed by atoms with Crippen LogP contribution < -0.4 is 5.32 Å². The molecule has 22 heavy (non-hydrogen) atoms. The molecular formula is C15H17N5O2. The summed E-state index contributed by atoms with van der Waals surface area (Å²) in [5.41, 5.74) is 1.88. The molecule has 2 aromatic heterocycles. The third kappa shape index (κ3) is 3.55. The number of nitrogens with one attached hydrogen (secondary N) is 1. The molecule has 2 aromatic rings. The standard InChI is InChI=1S/C15H17N5O2/c21-14(18-7-6-11-4-2-1-3-5-11)15-19-13(20-22-15)12-10-16-8-9-17-12/h4,8-10H,1-3,5-7H2,(H,18,21). The summed E-state index contributed by atoms with van der Waals surface area (Å²) in [5.74, 6) is -0.162.